The van der Waals surface area contributed by atoms with Crippen LogP contribution in [0.1, 0.15) is 39.0 Å². The van der Waals surface area contributed by atoms with Gasteiger partial charge in [-0.05, 0) is 12.8 Å². The molecule has 4 heteroatoms. The molecule has 0 unspecified atom stereocenters. The van der Waals surface area contributed by atoms with E-state index in [0.29, 0.717) is 0 Å². The van der Waals surface area contributed by atoms with Gasteiger partial charge in [0.2, 0.25) is 0 Å². The molecule has 0 saturated carbocycles. The van der Waals surface area contributed by atoms with Crippen LogP contribution in [0.2, 0.25) is 0 Å². The first-order chi connectivity index (χ1) is 7.65. The highest BCUT2D eigenvalue weighted by molar-refractivity contribution is 7.30. The molecule has 0 bridgehead atoms. The molecule has 0 saturated heterocycles. The van der Waals surface area contributed by atoms with Gasteiger partial charge >= 0.3 is 8.25 Å². The molecule has 16 heavy (non-hydrogen) atoms. The maximum Gasteiger partial charge on any atom is 0.692 e. The summed E-state index contributed by atoms with van der Waals surface area (Å²) in [5, 5.41) is 0. The third-order valence-corrected chi connectivity index (χ3v) is 1.72. The fourth-order valence-corrected chi connectivity index (χ4v) is 1.01. The third-order valence-electron chi connectivity index (χ3n) is 1.72. The molecule has 0 aliphatic carbocycles. The van der Waals surface area contributed by atoms with Crippen LogP contribution in [-0.2, 0) is 4.57 Å². The molecule has 3 nitrogen and oxygen atoms in total. The van der Waals surface area contributed by atoms with Gasteiger partial charge in [-0.3, -0.25) is 0 Å². The van der Waals surface area contributed by atoms with Gasteiger partial charge in [-0.15, -0.1) is 9.79 Å². The van der Waals surface area contributed by atoms with Crippen LogP contribution < -0.4 is 0 Å². The topological polar surface area (TPSA) is 57.5 Å². The molecular weight excluding hydrogens is 223 g/mol. The molecule has 0 rings (SSSR count). The number of rotatable bonds is 7. The van der Waals surface area contributed by atoms with E-state index >= 15 is 0 Å². The zero-order valence-electron chi connectivity index (χ0n) is 9.88. The van der Waals surface area contributed by atoms with Crippen molar-refractivity contribution < 1.29 is 14.4 Å². The molecule has 0 fully saturated rings. The van der Waals surface area contributed by atoms with E-state index in [2.05, 4.69) is 25.7 Å². The molecule has 0 aliphatic heterocycles. The Balaban J connectivity index is 0. The van der Waals surface area contributed by atoms with Crippen molar-refractivity contribution in [2.75, 3.05) is 0 Å². The van der Waals surface area contributed by atoms with E-state index < -0.39 is 8.25 Å². The first kappa shape index (κ1) is 17.6. The van der Waals surface area contributed by atoms with Crippen molar-refractivity contribution in [2.45, 2.75) is 39.0 Å². The minimum absolute atomic E-state index is 1.21. The van der Waals surface area contributed by atoms with E-state index in [1.807, 2.05) is 12.2 Å². The molecule has 0 aromatic carbocycles. The predicted molar refractivity (Wildman–Crippen MR) is 69.3 cm³/mol. The summed E-state index contributed by atoms with van der Waals surface area (Å²) in [4.78, 5) is 14.2. The molecule has 0 aliphatic rings. The highest BCUT2D eigenvalue weighted by Gasteiger charge is 1.93. The van der Waals surface area contributed by atoms with Gasteiger partial charge in [-0.25, -0.2) is 0 Å². The molecule has 0 aromatic rings. The molecule has 0 spiro atoms. The Bertz CT molecular complexity index is 218. The number of unbranched alkanes of at least 4 members (excludes halogenated alkanes) is 4. The smallest absolute Gasteiger partial charge is 0.134 e. The molecular formula is C12H22O3P+. The van der Waals surface area contributed by atoms with Crippen LogP contribution in [0.5, 0.6) is 0 Å². The number of hydrogen-bond donors (Lipinski definition) is 2. The van der Waals surface area contributed by atoms with Gasteiger partial charge in [-0.2, -0.15) is 0 Å². The largest absolute Gasteiger partial charge is 0.692 e. The maximum absolute atomic E-state index is 8.70. The van der Waals surface area contributed by atoms with Gasteiger partial charge in [0, 0.05) is 4.57 Å². The first-order valence-electron chi connectivity index (χ1n) is 5.44. The SMILES string of the molecule is C=CC=CC=CCCCCCC.O=[P+](O)O. The maximum atomic E-state index is 8.70. The summed E-state index contributed by atoms with van der Waals surface area (Å²) in [6.45, 7) is 5.84. The van der Waals surface area contributed by atoms with Crippen LogP contribution in [0.25, 0.3) is 0 Å². The highest BCUT2D eigenvalue weighted by Crippen LogP contribution is 2.02. The Labute approximate surface area is 99.2 Å². The van der Waals surface area contributed by atoms with Crippen LogP contribution in [0.15, 0.2) is 37.0 Å². The molecule has 92 valence electrons. The van der Waals surface area contributed by atoms with Crippen molar-refractivity contribution >= 4 is 8.25 Å². The lowest BCUT2D eigenvalue weighted by Crippen LogP contribution is -1.72. The van der Waals surface area contributed by atoms with Crippen LogP contribution in [0, 0.1) is 0 Å². The molecule has 0 amide bonds. The van der Waals surface area contributed by atoms with E-state index in [1.165, 1.54) is 32.1 Å². The van der Waals surface area contributed by atoms with E-state index in [0.717, 1.165) is 0 Å². The van der Waals surface area contributed by atoms with Crippen molar-refractivity contribution in [3.63, 3.8) is 0 Å². The summed E-state index contributed by atoms with van der Waals surface area (Å²) >= 11 is 0. The van der Waals surface area contributed by atoms with Crippen LogP contribution in [-0.4, -0.2) is 9.79 Å². The molecule has 0 atom stereocenters. The fourth-order valence-electron chi connectivity index (χ4n) is 1.01. The summed E-state index contributed by atoms with van der Waals surface area (Å²) in [6.07, 6.45) is 16.7. The normalized spacial score (nSPS) is 10.2. The minimum Gasteiger partial charge on any atom is -0.134 e. The number of hydrogen-bond acceptors (Lipinski definition) is 1. The highest BCUT2D eigenvalue weighted by atomic mass is 31.1. The summed E-state index contributed by atoms with van der Waals surface area (Å²) in [7, 11) is -2.87. The number of allylic oxidation sites excluding steroid dienone is 5. The lowest BCUT2D eigenvalue weighted by molar-refractivity contribution is 0.405. The second-order valence-corrected chi connectivity index (χ2v) is 3.66. The van der Waals surface area contributed by atoms with Crippen molar-refractivity contribution in [3.8, 4) is 0 Å². The van der Waals surface area contributed by atoms with Gasteiger partial charge in [0.1, 0.15) is 0 Å². The molecule has 0 radical (unpaired) electrons. The standard InChI is InChI=1S/C12H20.HO3P/c1-3-5-7-9-11-12-10-8-6-4-2;1-4(2)3/h3,5,7,9,11H,1,4,6,8,10,12H2,2H3;(H-,1,2,3)/p+1. The Morgan fingerprint density at radius 3 is 2.25 bits per heavy atom. The van der Waals surface area contributed by atoms with Crippen molar-refractivity contribution in [1.29, 1.82) is 0 Å². The summed E-state index contributed by atoms with van der Waals surface area (Å²) in [5.74, 6) is 0. The third kappa shape index (κ3) is 29.2. The van der Waals surface area contributed by atoms with Gasteiger partial charge in [0.05, 0.1) is 0 Å². The van der Waals surface area contributed by atoms with Gasteiger partial charge in [0.15, 0.2) is 0 Å². The summed E-state index contributed by atoms with van der Waals surface area (Å²) in [5.41, 5.74) is 0. The lowest BCUT2D eigenvalue weighted by Gasteiger charge is -1.92. The second-order valence-electron chi connectivity index (χ2n) is 3.15. The van der Waals surface area contributed by atoms with Crippen LogP contribution in [0.4, 0.5) is 0 Å². The predicted octanol–water partition coefficient (Wildman–Crippen LogP) is 3.88. The van der Waals surface area contributed by atoms with E-state index in [4.69, 9.17) is 14.4 Å². The van der Waals surface area contributed by atoms with Gasteiger partial charge in [0.25, 0.3) is 0 Å². The average Bonchev–Trinajstić information content (AvgIpc) is 2.21. The van der Waals surface area contributed by atoms with Crippen LogP contribution >= 0.6 is 8.25 Å². The average molecular weight is 245 g/mol. The van der Waals surface area contributed by atoms with Gasteiger partial charge in [-0.1, -0.05) is 63.1 Å². The summed E-state index contributed by atoms with van der Waals surface area (Å²) < 4.78 is 8.70. The Kier molecular flexibility index (Phi) is 18.4. The van der Waals surface area contributed by atoms with E-state index in [1.54, 1.807) is 6.08 Å². The zero-order valence-corrected chi connectivity index (χ0v) is 10.8. The Morgan fingerprint density at radius 1 is 1.12 bits per heavy atom. The molecule has 2 N–H and O–H groups in total. The van der Waals surface area contributed by atoms with Crippen molar-refractivity contribution in [3.05, 3.63) is 37.0 Å². The quantitative estimate of drug-likeness (QED) is 0.406. The van der Waals surface area contributed by atoms with E-state index in [9.17, 15) is 0 Å². The Morgan fingerprint density at radius 2 is 1.75 bits per heavy atom. The molecule has 0 heterocycles. The van der Waals surface area contributed by atoms with E-state index in [-0.39, 0.29) is 0 Å². The van der Waals surface area contributed by atoms with Crippen LogP contribution in [0.3, 0.4) is 0 Å². The fraction of sp³-hybridized carbons (Fsp3) is 0.500. The van der Waals surface area contributed by atoms with Crippen molar-refractivity contribution in [1.82, 2.24) is 0 Å². The van der Waals surface area contributed by atoms with Crippen molar-refractivity contribution in [2.24, 2.45) is 0 Å². The molecule has 0 aromatic heterocycles. The van der Waals surface area contributed by atoms with Gasteiger partial charge < -0.3 is 0 Å². The first-order valence-corrected chi connectivity index (χ1v) is 6.60. The summed E-state index contributed by atoms with van der Waals surface area (Å²) in [6, 6.07) is 0. The Hall–Kier alpha value is -0.760. The minimum atomic E-state index is -2.87. The lowest BCUT2D eigenvalue weighted by atomic mass is 10.1. The second kappa shape index (κ2) is 16.7. The monoisotopic (exact) mass is 245 g/mol. The zero-order chi connectivity index (χ0) is 12.6.